The van der Waals surface area contributed by atoms with Gasteiger partial charge in [-0.3, -0.25) is 4.57 Å². The van der Waals surface area contributed by atoms with Crippen molar-refractivity contribution in [1.82, 2.24) is 14.8 Å². The van der Waals surface area contributed by atoms with E-state index in [4.69, 9.17) is 5.73 Å². The molecule has 1 unspecified atom stereocenters. The third-order valence-corrected chi connectivity index (χ3v) is 3.85. The Bertz CT molecular complexity index is 573. The van der Waals surface area contributed by atoms with Gasteiger partial charge < -0.3 is 5.73 Å². The molecule has 0 spiro atoms. The fourth-order valence-corrected chi connectivity index (χ4v) is 2.34. The molecule has 3 N–H and O–H groups in total. The molecular weight excluding hydrogens is 248 g/mol. The Morgan fingerprint density at radius 1 is 1.44 bits per heavy atom. The third-order valence-electron chi connectivity index (χ3n) is 2.80. The molecular formula is C12H16N4OS. The molecule has 5 nitrogen and oxygen atoms in total. The van der Waals surface area contributed by atoms with E-state index in [1.54, 1.807) is 7.05 Å². The van der Waals surface area contributed by atoms with E-state index in [9.17, 15) is 4.79 Å². The average molecular weight is 264 g/mol. The molecule has 2 rings (SSSR count). The number of benzene rings is 1. The summed E-state index contributed by atoms with van der Waals surface area (Å²) in [6.45, 7) is 2.06. The summed E-state index contributed by atoms with van der Waals surface area (Å²) < 4.78 is 1.48. The van der Waals surface area contributed by atoms with Gasteiger partial charge >= 0.3 is 5.69 Å². The highest BCUT2D eigenvalue weighted by Crippen LogP contribution is 2.26. The van der Waals surface area contributed by atoms with E-state index in [2.05, 4.69) is 17.1 Å². The number of nitrogens with one attached hydrogen (secondary N) is 1. The van der Waals surface area contributed by atoms with E-state index >= 15 is 0 Å². The number of aromatic nitrogens is 3. The van der Waals surface area contributed by atoms with Crippen molar-refractivity contribution in [3.8, 4) is 0 Å². The van der Waals surface area contributed by atoms with Crippen LogP contribution in [0.5, 0.6) is 0 Å². The third kappa shape index (κ3) is 2.65. The molecule has 1 aromatic heterocycles. The maximum Gasteiger partial charge on any atom is 0.343 e. The Morgan fingerprint density at radius 2 is 2.11 bits per heavy atom. The van der Waals surface area contributed by atoms with Crippen LogP contribution in [0.1, 0.15) is 24.9 Å². The van der Waals surface area contributed by atoms with Gasteiger partial charge in [0, 0.05) is 18.0 Å². The predicted molar refractivity (Wildman–Crippen MR) is 71.6 cm³/mol. The van der Waals surface area contributed by atoms with Crippen molar-refractivity contribution in [2.75, 3.05) is 0 Å². The molecule has 0 fully saturated rings. The molecule has 18 heavy (non-hydrogen) atoms. The van der Waals surface area contributed by atoms with E-state index in [1.807, 2.05) is 24.3 Å². The maximum atomic E-state index is 11.2. The lowest BCUT2D eigenvalue weighted by atomic mass is 10.1. The first-order chi connectivity index (χ1) is 8.61. The summed E-state index contributed by atoms with van der Waals surface area (Å²) in [7, 11) is 1.69. The van der Waals surface area contributed by atoms with Gasteiger partial charge in [-0.2, -0.15) is 0 Å². The number of nitrogens with zero attached hydrogens (tertiary/aromatic N) is 2. The molecule has 0 saturated carbocycles. The second-order valence-corrected chi connectivity index (χ2v) is 5.10. The highest BCUT2D eigenvalue weighted by Gasteiger charge is 2.07. The molecule has 0 amide bonds. The monoisotopic (exact) mass is 264 g/mol. The first-order valence-electron chi connectivity index (χ1n) is 5.76. The van der Waals surface area contributed by atoms with Crippen LogP contribution in [-0.4, -0.2) is 14.8 Å². The van der Waals surface area contributed by atoms with Gasteiger partial charge in [-0.25, -0.2) is 9.89 Å². The fourth-order valence-electron chi connectivity index (χ4n) is 1.55. The van der Waals surface area contributed by atoms with Crippen LogP contribution in [0, 0.1) is 0 Å². The van der Waals surface area contributed by atoms with Gasteiger partial charge in [0.05, 0.1) is 0 Å². The minimum absolute atomic E-state index is 0.0822. The average Bonchev–Trinajstić information content (AvgIpc) is 2.71. The van der Waals surface area contributed by atoms with E-state index in [0.717, 1.165) is 16.9 Å². The minimum atomic E-state index is -0.206. The molecule has 2 aromatic rings. The Kier molecular flexibility index (Phi) is 3.88. The standard InChI is InChI=1S/C12H16N4OS/c1-3-10(13)8-4-6-9(7-5-8)18-12-15-14-11(17)16(12)2/h4-7,10H,3,13H2,1-2H3,(H,14,17). The van der Waals surface area contributed by atoms with E-state index < -0.39 is 0 Å². The first-order valence-corrected chi connectivity index (χ1v) is 6.58. The summed E-state index contributed by atoms with van der Waals surface area (Å²) in [5, 5.41) is 7.01. The summed E-state index contributed by atoms with van der Waals surface area (Å²) in [5.41, 5.74) is 6.87. The SMILES string of the molecule is CCC(N)c1ccc(Sc2n[nH]c(=O)n2C)cc1. The van der Waals surface area contributed by atoms with Crippen molar-refractivity contribution in [2.24, 2.45) is 12.8 Å². The summed E-state index contributed by atoms with van der Waals surface area (Å²) in [6.07, 6.45) is 0.917. The van der Waals surface area contributed by atoms with Crippen LogP contribution in [0.4, 0.5) is 0 Å². The van der Waals surface area contributed by atoms with Crippen molar-refractivity contribution >= 4 is 11.8 Å². The Balaban J connectivity index is 2.16. The number of H-pyrrole nitrogens is 1. The van der Waals surface area contributed by atoms with Crippen molar-refractivity contribution in [3.05, 3.63) is 40.3 Å². The van der Waals surface area contributed by atoms with E-state index in [0.29, 0.717) is 5.16 Å². The van der Waals surface area contributed by atoms with Gasteiger partial charge in [0.15, 0.2) is 5.16 Å². The lowest BCUT2D eigenvalue weighted by Gasteiger charge is -2.09. The van der Waals surface area contributed by atoms with Gasteiger partial charge in [-0.1, -0.05) is 19.1 Å². The second-order valence-electron chi connectivity index (χ2n) is 4.06. The summed E-state index contributed by atoms with van der Waals surface area (Å²) >= 11 is 1.44. The van der Waals surface area contributed by atoms with Crippen LogP contribution in [0.2, 0.25) is 0 Å². The Morgan fingerprint density at radius 3 is 2.61 bits per heavy atom. The summed E-state index contributed by atoms with van der Waals surface area (Å²) in [5.74, 6) is 0. The van der Waals surface area contributed by atoms with Crippen LogP contribution in [0.15, 0.2) is 39.1 Å². The first kappa shape index (κ1) is 12.9. The molecule has 1 atom stereocenters. The van der Waals surface area contributed by atoms with Crippen LogP contribution in [-0.2, 0) is 7.05 Å². The van der Waals surface area contributed by atoms with Crippen molar-refractivity contribution in [3.63, 3.8) is 0 Å². The molecule has 1 aromatic carbocycles. The van der Waals surface area contributed by atoms with Crippen LogP contribution >= 0.6 is 11.8 Å². The second kappa shape index (κ2) is 5.41. The summed E-state index contributed by atoms with van der Waals surface area (Å²) in [4.78, 5) is 12.3. The molecule has 0 bridgehead atoms. The van der Waals surface area contributed by atoms with Gasteiger partial charge in [0.2, 0.25) is 0 Å². The van der Waals surface area contributed by atoms with Crippen LogP contribution < -0.4 is 11.4 Å². The number of aromatic amines is 1. The van der Waals surface area contributed by atoms with E-state index in [1.165, 1.54) is 16.3 Å². The lowest BCUT2D eigenvalue weighted by molar-refractivity contribution is 0.698. The molecule has 0 radical (unpaired) electrons. The van der Waals surface area contributed by atoms with Gasteiger partial charge in [0.25, 0.3) is 0 Å². The van der Waals surface area contributed by atoms with Gasteiger partial charge in [-0.05, 0) is 35.9 Å². The maximum absolute atomic E-state index is 11.2. The molecule has 6 heteroatoms. The molecule has 0 aliphatic rings. The normalized spacial score (nSPS) is 12.6. The topological polar surface area (TPSA) is 76.7 Å². The molecule has 0 saturated heterocycles. The van der Waals surface area contributed by atoms with Gasteiger partial charge in [0.1, 0.15) is 0 Å². The van der Waals surface area contributed by atoms with E-state index in [-0.39, 0.29) is 11.7 Å². The molecule has 96 valence electrons. The molecule has 1 heterocycles. The zero-order valence-corrected chi connectivity index (χ0v) is 11.2. The zero-order chi connectivity index (χ0) is 13.1. The summed E-state index contributed by atoms with van der Waals surface area (Å²) in [6, 6.07) is 8.10. The molecule has 0 aliphatic carbocycles. The van der Waals surface area contributed by atoms with Crippen molar-refractivity contribution in [2.45, 2.75) is 29.4 Å². The van der Waals surface area contributed by atoms with Crippen molar-refractivity contribution < 1.29 is 0 Å². The highest BCUT2D eigenvalue weighted by atomic mass is 32.2. The molecule has 0 aliphatic heterocycles. The number of rotatable bonds is 4. The van der Waals surface area contributed by atoms with Crippen molar-refractivity contribution in [1.29, 1.82) is 0 Å². The Labute approximate surface area is 109 Å². The van der Waals surface area contributed by atoms with Crippen LogP contribution in [0.25, 0.3) is 0 Å². The zero-order valence-electron chi connectivity index (χ0n) is 10.4. The number of hydrogen-bond acceptors (Lipinski definition) is 4. The lowest BCUT2D eigenvalue weighted by Crippen LogP contribution is -2.12. The predicted octanol–water partition coefficient (Wildman–Crippen LogP) is 1.67. The van der Waals surface area contributed by atoms with Crippen LogP contribution in [0.3, 0.4) is 0 Å². The highest BCUT2D eigenvalue weighted by molar-refractivity contribution is 7.99. The smallest absolute Gasteiger partial charge is 0.324 e. The number of hydrogen-bond donors (Lipinski definition) is 2. The Hall–Kier alpha value is -1.53. The van der Waals surface area contributed by atoms with Gasteiger partial charge in [-0.15, -0.1) is 5.10 Å². The quantitative estimate of drug-likeness (QED) is 0.880. The minimum Gasteiger partial charge on any atom is -0.324 e. The fraction of sp³-hybridized carbons (Fsp3) is 0.333. The number of nitrogens with two attached hydrogens (primary N) is 1. The largest absolute Gasteiger partial charge is 0.343 e.